The molecular formula is C15H26O6. The van der Waals surface area contributed by atoms with Crippen molar-refractivity contribution in [3.63, 3.8) is 0 Å². The number of carbonyl (C=O) groups excluding carboxylic acids is 2. The maximum absolute atomic E-state index is 12.5. The van der Waals surface area contributed by atoms with Gasteiger partial charge in [-0.1, -0.05) is 13.8 Å². The molecule has 0 aliphatic carbocycles. The number of hydrogen-bond acceptors (Lipinski definition) is 6. The molecule has 0 bridgehead atoms. The first kappa shape index (κ1) is 17.9. The maximum Gasteiger partial charge on any atom is 0.323 e. The minimum atomic E-state index is -1.37. The van der Waals surface area contributed by atoms with E-state index in [2.05, 4.69) is 0 Å². The molecule has 0 amide bonds. The van der Waals surface area contributed by atoms with Crippen molar-refractivity contribution in [2.45, 2.75) is 46.8 Å². The lowest BCUT2D eigenvalue weighted by Crippen LogP contribution is -2.45. The molecule has 1 aliphatic rings. The van der Waals surface area contributed by atoms with Crippen LogP contribution in [0, 0.1) is 11.3 Å². The zero-order valence-corrected chi connectivity index (χ0v) is 13.3. The fourth-order valence-corrected chi connectivity index (χ4v) is 2.55. The monoisotopic (exact) mass is 302 g/mol. The highest BCUT2D eigenvalue weighted by atomic mass is 16.7. The lowest BCUT2D eigenvalue weighted by Gasteiger charge is -2.32. The predicted molar refractivity (Wildman–Crippen MR) is 75.5 cm³/mol. The largest absolute Gasteiger partial charge is 0.465 e. The second kappa shape index (κ2) is 8.34. The molecule has 6 nitrogen and oxygen atoms in total. The summed E-state index contributed by atoms with van der Waals surface area (Å²) in [6, 6.07) is 0. The van der Waals surface area contributed by atoms with Crippen LogP contribution in [0.4, 0.5) is 0 Å². The molecule has 0 saturated carbocycles. The Morgan fingerprint density at radius 2 is 1.57 bits per heavy atom. The maximum atomic E-state index is 12.5. The number of hydrogen-bond donors (Lipinski definition) is 0. The Kier molecular flexibility index (Phi) is 7.11. The summed E-state index contributed by atoms with van der Waals surface area (Å²) in [5.74, 6) is -0.993. The first-order chi connectivity index (χ1) is 9.96. The molecule has 1 aliphatic heterocycles. The molecule has 0 unspecified atom stereocenters. The molecule has 0 aromatic heterocycles. The standard InChI is InChI=1S/C15H26O6/c1-5-18-13(16)15(9-11(3)4,14(17)19-6-2)10-12-20-7-8-21-12/h11-12H,5-10H2,1-4H3. The van der Waals surface area contributed by atoms with Gasteiger partial charge in [0.2, 0.25) is 0 Å². The summed E-state index contributed by atoms with van der Waals surface area (Å²) >= 11 is 0. The van der Waals surface area contributed by atoms with E-state index in [0.717, 1.165) is 0 Å². The third-order valence-corrected chi connectivity index (χ3v) is 3.29. The van der Waals surface area contributed by atoms with E-state index in [0.29, 0.717) is 19.6 Å². The van der Waals surface area contributed by atoms with Gasteiger partial charge in [0, 0.05) is 6.42 Å². The second-order valence-corrected chi connectivity index (χ2v) is 5.50. The summed E-state index contributed by atoms with van der Waals surface area (Å²) in [6.45, 7) is 8.68. The van der Waals surface area contributed by atoms with E-state index < -0.39 is 23.6 Å². The first-order valence-corrected chi connectivity index (χ1v) is 7.54. The van der Waals surface area contributed by atoms with Crippen molar-refractivity contribution in [1.82, 2.24) is 0 Å². The lowest BCUT2D eigenvalue weighted by molar-refractivity contribution is -0.181. The summed E-state index contributed by atoms with van der Waals surface area (Å²) in [5.41, 5.74) is -1.37. The van der Waals surface area contributed by atoms with Crippen LogP contribution in [0.15, 0.2) is 0 Å². The van der Waals surface area contributed by atoms with Gasteiger partial charge in [0.25, 0.3) is 0 Å². The molecule has 0 atom stereocenters. The zero-order chi connectivity index (χ0) is 15.9. The van der Waals surface area contributed by atoms with Gasteiger partial charge in [0.05, 0.1) is 26.4 Å². The Bertz CT molecular complexity index is 328. The minimum Gasteiger partial charge on any atom is -0.465 e. The topological polar surface area (TPSA) is 71.1 Å². The summed E-state index contributed by atoms with van der Waals surface area (Å²) in [5, 5.41) is 0. The third-order valence-electron chi connectivity index (χ3n) is 3.29. The molecule has 1 heterocycles. The van der Waals surface area contributed by atoms with Gasteiger partial charge in [-0.3, -0.25) is 9.59 Å². The molecule has 0 N–H and O–H groups in total. The molecule has 0 aromatic carbocycles. The molecule has 0 aromatic rings. The van der Waals surface area contributed by atoms with Crippen LogP contribution in [0.25, 0.3) is 0 Å². The summed E-state index contributed by atoms with van der Waals surface area (Å²) in [6.07, 6.45) is -0.103. The average Bonchev–Trinajstić information content (AvgIpc) is 2.90. The Hall–Kier alpha value is -1.14. The third kappa shape index (κ3) is 4.68. The SMILES string of the molecule is CCOC(=O)C(CC(C)C)(CC1OCCO1)C(=O)OCC. The highest BCUT2D eigenvalue weighted by Crippen LogP contribution is 2.37. The van der Waals surface area contributed by atoms with Gasteiger partial charge in [-0.15, -0.1) is 0 Å². The Labute approximate surface area is 126 Å². The van der Waals surface area contributed by atoms with Crippen molar-refractivity contribution in [2.24, 2.45) is 11.3 Å². The smallest absolute Gasteiger partial charge is 0.323 e. The van der Waals surface area contributed by atoms with Crippen LogP contribution in [0.5, 0.6) is 0 Å². The van der Waals surface area contributed by atoms with Crippen molar-refractivity contribution >= 4 is 11.9 Å². The van der Waals surface area contributed by atoms with Gasteiger partial charge in [-0.05, 0) is 26.2 Å². The molecule has 0 radical (unpaired) electrons. The zero-order valence-electron chi connectivity index (χ0n) is 13.3. The van der Waals surface area contributed by atoms with E-state index >= 15 is 0 Å². The minimum absolute atomic E-state index is 0.125. The number of rotatable bonds is 8. The van der Waals surface area contributed by atoms with E-state index in [1.54, 1.807) is 13.8 Å². The Morgan fingerprint density at radius 1 is 1.10 bits per heavy atom. The van der Waals surface area contributed by atoms with Crippen LogP contribution in [0.2, 0.25) is 0 Å². The van der Waals surface area contributed by atoms with E-state index in [-0.39, 0.29) is 25.6 Å². The van der Waals surface area contributed by atoms with Crippen LogP contribution >= 0.6 is 0 Å². The predicted octanol–water partition coefficient (Wildman–Crippen LogP) is 1.91. The van der Waals surface area contributed by atoms with Gasteiger partial charge >= 0.3 is 11.9 Å². The molecule has 0 spiro atoms. The number of esters is 2. The van der Waals surface area contributed by atoms with Crippen molar-refractivity contribution < 1.29 is 28.5 Å². The highest BCUT2D eigenvalue weighted by Gasteiger charge is 2.51. The van der Waals surface area contributed by atoms with Crippen LogP contribution in [-0.2, 0) is 28.5 Å². The van der Waals surface area contributed by atoms with Crippen molar-refractivity contribution in [3.05, 3.63) is 0 Å². The van der Waals surface area contributed by atoms with E-state index in [1.807, 2.05) is 13.8 Å². The Morgan fingerprint density at radius 3 is 1.95 bits per heavy atom. The summed E-state index contributed by atoms with van der Waals surface area (Å²) in [4.78, 5) is 24.9. The van der Waals surface area contributed by atoms with Gasteiger partial charge in [0.15, 0.2) is 11.7 Å². The molecule has 1 fully saturated rings. The van der Waals surface area contributed by atoms with Crippen molar-refractivity contribution in [3.8, 4) is 0 Å². The van der Waals surface area contributed by atoms with Crippen molar-refractivity contribution in [1.29, 1.82) is 0 Å². The van der Waals surface area contributed by atoms with E-state index in [9.17, 15) is 9.59 Å². The van der Waals surface area contributed by atoms with E-state index in [1.165, 1.54) is 0 Å². The quantitative estimate of drug-likeness (QED) is 0.504. The van der Waals surface area contributed by atoms with Gasteiger partial charge in [-0.25, -0.2) is 0 Å². The fourth-order valence-electron chi connectivity index (χ4n) is 2.55. The second-order valence-electron chi connectivity index (χ2n) is 5.50. The molecule has 21 heavy (non-hydrogen) atoms. The van der Waals surface area contributed by atoms with Crippen LogP contribution in [0.1, 0.15) is 40.5 Å². The normalized spacial score (nSPS) is 16.2. The highest BCUT2D eigenvalue weighted by molar-refractivity contribution is 6.00. The van der Waals surface area contributed by atoms with E-state index in [4.69, 9.17) is 18.9 Å². The number of ether oxygens (including phenoxy) is 4. The lowest BCUT2D eigenvalue weighted by atomic mass is 9.77. The Balaban J connectivity index is 3.04. The molecule has 122 valence electrons. The summed E-state index contributed by atoms with van der Waals surface area (Å²) < 4.78 is 21.1. The molecular weight excluding hydrogens is 276 g/mol. The van der Waals surface area contributed by atoms with Gasteiger partial charge < -0.3 is 18.9 Å². The van der Waals surface area contributed by atoms with Gasteiger partial charge in [0.1, 0.15) is 0 Å². The van der Waals surface area contributed by atoms with Crippen LogP contribution < -0.4 is 0 Å². The van der Waals surface area contributed by atoms with Crippen molar-refractivity contribution in [2.75, 3.05) is 26.4 Å². The fraction of sp³-hybridized carbons (Fsp3) is 0.867. The summed E-state index contributed by atoms with van der Waals surface area (Å²) in [7, 11) is 0. The van der Waals surface area contributed by atoms with Gasteiger partial charge in [-0.2, -0.15) is 0 Å². The number of carbonyl (C=O) groups is 2. The van der Waals surface area contributed by atoms with Crippen LogP contribution in [-0.4, -0.2) is 44.7 Å². The average molecular weight is 302 g/mol. The molecule has 6 heteroatoms. The molecule has 1 saturated heterocycles. The van der Waals surface area contributed by atoms with Crippen LogP contribution in [0.3, 0.4) is 0 Å². The molecule has 1 rings (SSSR count). The first-order valence-electron chi connectivity index (χ1n) is 7.54.